The van der Waals surface area contributed by atoms with Crippen molar-refractivity contribution < 1.29 is 9.90 Å². The average molecular weight is 289 g/mol. The molecule has 102 valence electrons. The highest BCUT2D eigenvalue weighted by molar-refractivity contribution is 6.30. The van der Waals surface area contributed by atoms with Gasteiger partial charge in [0.15, 0.2) is 6.10 Å². The van der Waals surface area contributed by atoms with Crippen molar-refractivity contribution in [3.05, 3.63) is 70.7 Å². The number of benzene rings is 2. The fraction of sp³-hybridized carbons (Fsp3) is 0.0667. The molecule has 2 rings (SSSR count). The molecule has 0 fully saturated rings. The van der Waals surface area contributed by atoms with Gasteiger partial charge in [-0.25, -0.2) is 5.43 Å². The number of nitrogens with zero attached hydrogens (tertiary/aromatic N) is 1. The van der Waals surface area contributed by atoms with Crippen LogP contribution in [-0.4, -0.2) is 17.2 Å². The van der Waals surface area contributed by atoms with Gasteiger partial charge in [0.2, 0.25) is 0 Å². The summed E-state index contributed by atoms with van der Waals surface area (Å²) in [6.45, 7) is 0. The summed E-state index contributed by atoms with van der Waals surface area (Å²) >= 11 is 5.76. The van der Waals surface area contributed by atoms with Gasteiger partial charge in [-0.1, -0.05) is 54.1 Å². The third kappa shape index (κ3) is 3.91. The summed E-state index contributed by atoms with van der Waals surface area (Å²) < 4.78 is 0. The predicted molar refractivity (Wildman–Crippen MR) is 78.6 cm³/mol. The van der Waals surface area contributed by atoms with E-state index < -0.39 is 12.0 Å². The van der Waals surface area contributed by atoms with Crippen LogP contribution < -0.4 is 5.43 Å². The van der Waals surface area contributed by atoms with Gasteiger partial charge in [-0.15, -0.1) is 0 Å². The number of hydrogen-bond acceptors (Lipinski definition) is 3. The second-order valence-electron chi connectivity index (χ2n) is 4.10. The highest BCUT2D eigenvalue weighted by Gasteiger charge is 2.15. The Hall–Kier alpha value is -2.17. The fourth-order valence-electron chi connectivity index (χ4n) is 1.57. The third-order valence-corrected chi connectivity index (χ3v) is 2.87. The van der Waals surface area contributed by atoms with Gasteiger partial charge in [0.1, 0.15) is 0 Å². The van der Waals surface area contributed by atoms with Gasteiger partial charge in [0.25, 0.3) is 5.91 Å². The maximum absolute atomic E-state index is 11.7. The third-order valence-electron chi connectivity index (χ3n) is 2.62. The molecule has 2 aromatic carbocycles. The maximum Gasteiger partial charge on any atom is 0.273 e. The summed E-state index contributed by atoms with van der Waals surface area (Å²) in [5.41, 5.74) is 3.61. The van der Waals surface area contributed by atoms with Crippen LogP contribution in [-0.2, 0) is 4.79 Å². The Morgan fingerprint density at radius 3 is 2.45 bits per heavy atom. The molecule has 0 saturated heterocycles. The van der Waals surface area contributed by atoms with Crippen molar-refractivity contribution in [3.8, 4) is 0 Å². The van der Waals surface area contributed by atoms with Gasteiger partial charge in [-0.3, -0.25) is 4.79 Å². The second kappa shape index (κ2) is 6.84. The van der Waals surface area contributed by atoms with Crippen molar-refractivity contribution in [2.75, 3.05) is 0 Å². The molecule has 20 heavy (non-hydrogen) atoms. The van der Waals surface area contributed by atoms with E-state index in [0.29, 0.717) is 10.6 Å². The average Bonchev–Trinajstić information content (AvgIpc) is 2.49. The summed E-state index contributed by atoms with van der Waals surface area (Å²) in [6, 6.07) is 15.7. The summed E-state index contributed by atoms with van der Waals surface area (Å²) in [7, 11) is 0. The Labute approximate surface area is 121 Å². The van der Waals surface area contributed by atoms with Crippen molar-refractivity contribution in [2.45, 2.75) is 6.10 Å². The van der Waals surface area contributed by atoms with Crippen LogP contribution in [0.15, 0.2) is 59.7 Å². The minimum absolute atomic E-state index is 0.520. The predicted octanol–water partition coefficient (Wildman–Crippen LogP) is 2.52. The van der Waals surface area contributed by atoms with Crippen LogP contribution in [0.1, 0.15) is 17.2 Å². The van der Waals surface area contributed by atoms with Gasteiger partial charge in [0, 0.05) is 5.02 Å². The van der Waals surface area contributed by atoms with Crippen LogP contribution in [0.5, 0.6) is 0 Å². The van der Waals surface area contributed by atoms with Crippen LogP contribution in [0.3, 0.4) is 0 Å². The first-order chi connectivity index (χ1) is 9.66. The molecule has 0 bridgehead atoms. The molecule has 5 heteroatoms. The Kier molecular flexibility index (Phi) is 4.87. The number of hydrogen-bond donors (Lipinski definition) is 2. The molecule has 0 aromatic heterocycles. The molecule has 4 nitrogen and oxygen atoms in total. The summed E-state index contributed by atoms with van der Waals surface area (Å²) in [5, 5.41) is 14.2. The van der Waals surface area contributed by atoms with Crippen LogP contribution >= 0.6 is 11.6 Å². The number of carbonyl (C=O) groups is 1. The molecular weight excluding hydrogens is 276 g/mol. The van der Waals surface area contributed by atoms with E-state index in [1.807, 2.05) is 6.07 Å². The zero-order chi connectivity index (χ0) is 14.4. The number of carbonyl (C=O) groups excluding carboxylic acids is 1. The molecule has 2 N–H and O–H groups in total. The summed E-state index contributed by atoms with van der Waals surface area (Å²) in [5.74, 6) is -0.582. The number of amides is 1. The lowest BCUT2D eigenvalue weighted by Crippen LogP contribution is -2.25. The van der Waals surface area contributed by atoms with Crippen molar-refractivity contribution >= 4 is 23.7 Å². The van der Waals surface area contributed by atoms with E-state index in [1.165, 1.54) is 6.21 Å². The number of rotatable bonds is 4. The molecule has 0 aliphatic rings. The number of hydrazone groups is 1. The Morgan fingerprint density at radius 1 is 1.15 bits per heavy atom. The molecule has 0 saturated carbocycles. The van der Waals surface area contributed by atoms with Gasteiger partial charge in [-0.05, 0) is 23.3 Å². The van der Waals surface area contributed by atoms with Crippen LogP contribution in [0.2, 0.25) is 5.02 Å². The SMILES string of the molecule is O=C(N/N=C/c1ccc(Cl)cc1)C(O)c1ccccc1. The highest BCUT2D eigenvalue weighted by Crippen LogP contribution is 2.11. The van der Waals surface area contributed by atoms with E-state index in [9.17, 15) is 9.90 Å². The molecule has 0 spiro atoms. The monoisotopic (exact) mass is 288 g/mol. The second-order valence-corrected chi connectivity index (χ2v) is 4.54. The van der Waals surface area contributed by atoms with Crippen LogP contribution in [0, 0.1) is 0 Å². The zero-order valence-corrected chi connectivity index (χ0v) is 11.3. The van der Waals surface area contributed by atoms with Crippen molar-refractivity contribution in [1.82, 2.24) is 5.43 Å². The molecule has 0 heterocycles. The Bertz CT molecular complexity index is 597. The minimum atomic E-state index is -1.24. The molecule has 2 aromatic rings. The number of halogens is 1. The smallest absolute Gasteiger partial charge is 0.273 e. The number of nitrogens with one attached hydrogen (secondary N) is 1. The Balaban J connectivity index is 1.93. The van der Waals surface area contributed by atoms with Crippen molar-refractivity contribution in [3.63, 3.8) is 0 Å². The lowest BCUT2D eigenvalue weighted by molar-refractivity contribution is -0.129. The lowest BCUT2D eigenvalue weighted by Gasteiger charge is -2.08. The molecule has 1 unspecified atom stereocenters. The van der Waals surface area contributed by atoms with Crippen molar-refractivity contribution in [2.24, 2.45) is 5.10 Å². The summed E-state index contributed by atoms with van der Waals surface area (Å²) in [4.78, 5) is 11.7. The normalized spacial score (nSPS) is 12.3. The molecule has 1 amide bonds. The van der Waals surface area contributed by atoms with E-state index in [-0.39, 0.29) is 0 Å². The Morgan fingerprint density at radius 2 is 1.80 bits per heavy atom. The standard InChI is InChI=1S/C15H13ClN2O2/c16-13-8-6-11(7-9-13)10-17-18-15(20)14(19)12-4-2-1-3-5-12/h1-10,14,19H,(H,18,20)/b17-10+. The topological polar surface area (TPSA) is 61.7 Å². The van der Waals surface area contributed by atoms with Gasteiger partial charge in [0.05, 0.1) is 6.21 Å². The molecule has 0 aliphatic carbocycles. The largest absolute Gasteiger partial charge is 0.378 e. The fourth-order valence-corrected chi connectivity index (χ4v) is 1.69. The van der Waals surface area contributed by atoms with E-state index in [4.69, 9.17) is 11.6 Å². The van der Waals surface area contributed by atoms with Crippen LogP contribution in [0.25, 0.3) is 0 Å². The van der Waals surface area contributed by atoms with Crippen molar-refractivity contribution in [1.29, 1.82) is 0 Å². The van der Waals surface area contributed by atoms with E-state index in [0.717, 1.165) is 5.56 Å². The van der Waals surface area contributed by atoms with Crippen LogP contribution in [0.4, 0.5) is 0 Å². The highest BCUT2D eigenvalue weighted by atomic mass is 35.5. The first-order valence-electron chi connectivity index (χ1n) is 5.98. The quantitative estimate of drug-likeness (QED) is 0.671. The first kappa shape index (κ1) is 14.2. The molecule has 1 atom stereocenters. The molecule has 0 radical (unpaired) electrons. The molecular formula is C15H13ClN2O2. The summed E-state index contributed by atoms with van der Waals surface area (Å²) in [6.07, 6.45) is 0.241. The van der Waals surface area contributed by atoms with Gasteiger partial charge in [-0.2, -0.15) is 5.10 Å². The zero-order valence-electron chi connectivity index (χ0n) is 10.5. The first-order valence-corrected chi connectivity index (χ1v) is 6.36. The van der Waals surface area contributed by atoms with E-state index in [1.54, 1.807) is 48.5 Å². The van der Waals surface area contributed by atoms with Gasteiger partial charge < -0.3 is 5.11 Å². The minimum Gasteiger partial charge on any atom is -0.378 e. The number of aliphatic hydroxyl groups excluding tert-OH is 1. The molecule has 0 aliphatic heterocycles. The van der Waals surface area contributed by atoms with Gasteiger partial charge >= 0.3 is 0 Å². The van der Waals surface area contributed by atoms with E-state index in [2.05, 4.69) is 10.5 Å². The maximum atomic E-state index is 11.7. The lowest BCUT2D eigenvalue weighted by atomic mass is 10.1. The van der Waals surface area contributed by atoms with E-state index >= 15 is 0 Å². The number of aliphatic hydroxyl groups is 1.